The molecule has 0 rings (SSSR count). The van der Waals surface area contributed by atoms with Crippen LogP contribution < -0.4 is 0 Å². The van der Waals surface area contributed by atoms with Crippen LogP contribution in [0.2, 0.25) is 0 Å². The van der Waals surface area contributed by atoms with E-state index in [0.29, 0.717) is 0 Å². The molecule has 0 aliphatic heterocycles. The molecule has 0 fully saturated rings. The number of nitrogens with zero attached hydrogens (tertiary/aromatic N) is 1. The second-order valence-corrected chi connectivity index (χ2v) is 4.80. The average molecular weight is 383 g/mol. The van der Waals surface area contributed by atoms with Crippen LogP contribution in [0.4, 0.5) is 0 Å². The third-order valence-electron chi connectivity index (χ3n) is 0.815. The molecule has 0 aromatic carbocycles. The molecule has 0 aromatic rings. The van der Waals surface area contributed by atoms with Crippen molar-refractivity contribution in [1.29, 1.82) is 0 Å². The molecule has 0 unspecified atom stereocenters. The number of hydrogen-bond acceptors (Lipinski definition) is 6. The molecular weight excluding hydrogens is 360 g/mol. The van der Waals surface area contributed by atoms with Crippen molar-refractivity contribution in [3.63, 3.8) is 0 Å². The highest BCUT2D eigenvalue weighted by Gasteiger charge is 2.28. The maximum Gasteiger partial charge on any atom is 0.532 e. The van der Waals surface area contributed by atoms with E-state index in [4.69, 9.17) is 0 Å². The second kappa shape index (κ2) is 12.8. The zero-order chi connectivity index (χ0) is 13.2. The summed E-state index contributed by atoms with van der Waals surface area (Å²) >= 11 is 0. The van der Waals surface area contributed by atoms with E-state index in [1.165, 1.54) is 0 Å². The molecule has 6 nitrogen and oxygen atoms in total. The lowest BCUT2D eigenvalue weighted by atomic mass is 10.9. The summed E-state index contributed by atoms with van der Waals surface area (Å²) < 4.78 is 25.1. The monoisotopic (exact) mass is 383 g/mol. The Morgan fingerprint density at radius 1 is 1.12 bits per heavy atom. The lowest BCUT2D eigenvalue weighted by molar-refractivity contribution is -0.133. The van der Waals surface area contributed by atoms with Gasteiger partial charge in [-0.05, 0) is 35.0 Å². The SMILES string of the molecule is CCOP(=O)(OCC)OC(C)=O.CN(C)C.I. The van der Waals surface area contributed by atoms with Crippen LogP contribution >= 0.6 is 31.8 Å². The van der Waals surface area contributed by atoms with E-state index >= 15 is 0 Å². The van der Waals surface area contributed by atoms with Crippen LogP contribution in [0.3, 0.4) is 0 Å². The zero-order valence-electron chi connectivity index (χ0n) is 11.3. The van der Waals surface area contributed by atoms with Gasteiger partial charge in [-0.2, -0.15) is 0 Å². The normalized spacial score (nSPS) is 10.1. The van der Waals surface area contributed by atoms with Crippen LogP contribution in [-0.2, 0) is 22.9 Å². The van der Waals surface area contributed by atoms with Crippen LogP contribution in [0.15, 0.2) is 0 Å². The highest BCUT2D eigenvalue weighted by atomic mass is 127. The number of phosphoric ester groups is 1. The van der Waals surface area contributed by atoms with Gasteiger partial charge in [-0.1, -0.05) is 0 Å². The predicted molar refractivity (Wildman–Crippen MR) is 77.7 cm³/mol. The Balaban J connectivity index is -0.000000340. The first-order valence-electron chi connectivity index (χ1n) is 4.97. The molecule has 0 aromatic heterocycles. The molecule has 0 aliphatic rings. The molecular formula is C9H23INO5P. The predicted octanol–water partition coefficient (Wildman–Crippen LogP) is 2.53. The number of halogens is 1. The van der Waals surface area contributed by atoms with Gasteiger partial charge in [0.05, 0.1) is 13.2 Å². The van der Waals surface area contributed by atoms with Crippen molar-refractivity contribution in [1.82, 2.24) is 4.90 Å². The molecule has 0 heterocycles. The minimum absolute atomic E-state index is 0. The van der Waals surface area contributed by atoms with E-state index in [1.54, 1.807) is 13.8 Å². The molecule has 0 bridgehead atoms. The van der Waals surface area contributed by atoms with E-state index in [0.717, 1.165) is 6.92 Å². The molecule has 0 atom stereocenters. The highest BCUT2D eigenvalue weighted by Crippen LogP contribution is 2.49. The third kappa shape index (κ3) is 18.9. The van der Waals surface area contributed by atoms with E-state index in [-0.39, 0.29) is 37.2 Å². The summed E-state index contributed by atoms with van der Waals surface area (Å²) in [5.74, 6) is -0.680. The Morgan fingerprint density at radius 3 is 1.59 bits per heavy atom. The molecule has 0 N–H and O–H groups in total. The summed E-state index contributed by atoms with van der Waals surface area (Å²) in [6.07, 6.45) is 0. The first-order chi connectivity index (χ1) is 7.27. The smallest absolute Gasteiger partial charge is 0.371 e. The summed E-state index contributed by atoms with van der Waals surface area (Å²) in [6.45, 7) is 4.75. The number of hydrogen-bond donors (Lipinski definition) is 0. The quantitative estimate of drug-likeness (QED) is 0.537. The highest BCUT2D eigenvalue weighted by molar-refractivity contribution is 14.0. The van der Waals surface area contributed by atoms with E-state index < -0.39 is 13.8 Å². The summed E-state index contributed by atoms with van der Waals surface area (Å²) in [5.41, 5.74) is 0. The first-order valence-corrected chi connectivity index (χ1v) is 6.43. The number of carbonyl (C=O) groups excluding carboxylic acids is 1. The Hall–Kier alpha value is 0.310. The van der Waals surface area contributed by atoms with Crippen LogP contribution in [-0.4, -0.2) is 45.2 Å². The Labute approximate surface area is 121 Å². The molecule has 0 saturated carbocycles. The Kier molecular flexibility index (Phi) is 16.9. The van der Waals surface area contributed by atoms with Crippen molar-refractivity contribution < 1.29 is 22.9 Å². The third-order valence-corrected chi connectivity index (χ3v) is 2.44. The summed E-state index contributed by atoms with van der Waals surface area (Å²) in [5, 5.41) is 0. The lowest BCUT2D eigenvalue weighted by Gasteiger charge is -2.14. The first kappa shape index (κ1) is 22.5. The van der Waals surface area contributed by atoms with Crippen molar-refractivity contribution >= 4 is 37.8 Å². The fraction of sp³-hybridized carbons (Fsp3) is 0.889. The largest absolute Gasteiger partial charge is 0.532 e. The fourth-order valence-corrected chi connectivity index (χ4v) is 1.69. The van der Waals surface area contributed by atoms with Gasteiger partial charge in [0.2, 0.25) is 0 Å². The van der Waals surface area contributed by atoms with Gasteiger partial charge < -0.3 is 9.42 Å². The van der Waals surface area contributed by atoms with Gasteiger partial charge in [-0.3, -0.25) is 13.8 Å². The molecule has 0 radical (unpaired) electrons. The molecule has 8 heteroatoms. The van der Waals surface area contributed by atoms with Gasteiger partial charge >= 0.3 is 13.8 Å². The van der Waals surface area contributed by atoms with Crippen LogP contribution in [0.1, 0.15) is 20.8 Å². The standard InChI is InChI=1S/C6H13O5P.C3H9N.HI/c1-4-9-12(8,10-5-2)11-6(3)7;1-4(2)3;/h4-5H2,1-3H3;1-3H3;1H. The number of phosphoric acid groups is 1. The van der Waals surface area contributed by atoms with Gasteiger partial charge in [0.1, 0.15) is 0 Å². The van der Waals surface area contributed by atoms with E-state index in [2.05, 4.69) is 13.6 Å². The van der Waals surface area contributed by atoms with E-state index in [9.17, 15) is 9.36 Å². The van der Waals surface area contributed by atoms with E-state index in [1.807, 2.05) is 26.0 Å². The number of rotatable bonds is 5. The molecule has 0 spiro atoms. The topological polar surface area (TPSA) is 65.1 Å². The van der Waals surface area contributed by atoms with Gasteiger partial charge in [0, 0.05) is 6.92 Å². The molecule has 106 valence electrons. The van der Waals surface area contributed by atoms with Gasteiger partial charge in [-0.15, -0.1) is 24.0 Å². The lowest BCUT2D eigenvalue weighted by Crippen LogP contribution is -2.03. The Morgan fingerprint density at radius 2 is 1.41 bits per heavy atom. The molecule has 0 aliphatic carbocycles. The van der Waals surface area contributed by atoms with Crippen LogP contribution in [0, 0.1) is 0 Å². The maximum absolute atomic E-state index is 11.3. The molecule has 17 heavy (non-hydrogen) atoms. The van der Waals surface area contributed by atoms with Crippen LogP contribution in [0.5, 0.6) is 0 Å². The average Bonchev–Trinajstić information content (AvgIpc) is 2.00. The Bertz CT molecular complexity index is 225. The van der Waals surface area contributed by atoms with Gasteiger partial charge in [0.25, 0.3) is 0 Å². The number of carbonyl (C=O) groups is 1. The van der Waals surface area contributed by atoms with Crippen molar-refractivity contribution in [2.75, 3.05) is 34.4 Å². The zero-order valence-corrected chi connectivity index (χ0v) is 14.5. The van der Waals surface area contributed by atoms with Crippen LogP contribution in [0.25, 0.3) is 0 Å². The molecule has 0 amide bonds. The summed E-state index contributed by atoms with van der Waals surface area (Å²) in [4.78, 5) is 12.5. The van der Waals surface area contributed by atoms with Crippen molar-refractivity contribution in [3.05, 3.63) is 0 Å². The minimum atomic E-state index is -3.63. The summed E-state index contributed by atoms with van der Waals surface area (Å²) in [7, 11) is 2.37. The van der Waals surface area contributed by atoms with Crippen molar-refractivity contribution in [3.8, 4) is 0 Å². The molecule has 0 saturated heterocycles. The fourth-order valence-electron chi connectivity index (χ4n) is 0.564. The minimum Gasteiger partial charge on any atom is -0.371 e. The van der Waals surface area contributed by atoms with Crippen molar-refractivity contribution in [2.24, 2.45) is 0 Å². The summed E-state index contributed by atoms with van der Waals surface area (Å²) in [6, 6.07) is 0. The van der Waals surface area contributed by atoms with Gasteiger partial charge in [-0.25, -0.2) is 4.57 Å². The van der Waals surface area contributed by atoms with Crippen molar-refractivity contribution in [2.45, 2.75) is 20.8 Å². The maximum atomic E-state index is 11.3. The second-order valence-electron chi connectivity index (χ2n) is 3.21. The van der Waals surface area contributed by atoms with Gasteiger partial charge in [0.15, 0.2) is 0 Å².